The molecular formula is C31H61NO13. The maximum atomic E-state index is 11.4. The van der Waals surface area contributed by atoms with Crippen molar-refractivity contribution >= 4 is 11.9 Å². The maximum absolute atomic E-state index is 11.4. The number of hydrogen-bond acceptors (Lipinski definition) is 12. The predicted molar refractivity (Wildman–Crippen MR) is 167 cm³/mol. The largest absolute Gasteiger partial charge is 0.481 e. The van der Waals surface area contributed by atoms with Crippen LogP contribution in [0.1, 0.15) is 51.9 Å². The van der Waals surface area contributed by atoms with Gasteiger partial charge in [-0.15, -0.1) is 0 Å². The predicted octanol–water partition coefficient (Wildman–Crippen LogP) is 2.10. The van der Waals surface area contributed by atoms with Crippen molar-refractivity contribution in [2.24, 2.45) is 0 Å². The molecule has 0 aromatic rings. The van der Waals surface area contributed by atoms with Crippen LogP contribution in [0.5, 0.6) is 0 Å². The van der Waals surface area contributed by atoms with E-state index in [4.69, 9.17) is 52.5 Å². The first-order chi connectivity index (χ1) is 22.2. The van der Waals surface area contributed by atoms with Gasteiger partial charge in [-0.05, 0) is 12.8 Å². The lowest BCUT2D eigenvalue weighted by Gasteiger charge is -2.09. The Kier molecular flexibility index (Phi) is 37.5. The fourth-order valence-electron chi connectivity index (χ4n) is 3.42. The summed E-state index contributed by atoms with van der Waals surface area (Å²) in [6.07, 6.45) is 5.36. The summed E-state index contributed by atoms with van der Waals surface area (Å²) in [5.74, 6) is -1.24. The smallest absolute Gasteiger partial charge is 0.303 e. The molecule has 0 saturated heterocycles. The summed E-state index contributed by atoms with van der Waals surface area (Å²) in [5.41, 5.74) is 0. The first kappa shape index (κ1) is 43.5. The number of carboxylic acids is 1. The normalized spacial score (nSPS) is 11.3. The Bertz CT molecular complexity index is 616. The minimum Gasteiger partial charge on any atom is -0.481 e. The van der Waals surface area contributed by atoms with Crippen LogP contribution >= 0.6 is 0 Å². The molecule has 2 N–H and O–H groups in total. The average Bonchev–Trinajstić information content (AvgIpc) is 3.03. The molecular weight excluding hydrogens is 594 g/mol. The fourth-order valence-corrected chi connectivity index (χ4v) is 3.42. The molecule has 0 unspecified atom stereocenters. The number of carbonyl (C=O) groups excluding carboxylic acids is 1. The monoisotopic (exact) mass is 655 g/mol. The van der Waals surface area contributed by atoms with E-state index in [1.54, 1.807) is 0 Å². The lowest BCUT2D eigenvalue weighted by atomic mass is 10.2. The molecule has 0 aliphatic heterocycles. The molecule has 0 aliphatic carbocycles. The molecule has 1 amide bonds. The van der Waals surface area contributed by atoms with Gasteiger partial charge in [-0.3, -0.25) is 9.59 Å². The molecule has 0 atom stereocenters. The highest BCUT2D eigenvalue weighted by atomic mass is 16.6. The number of nitrogens with one attached hydrogen (secondary N) is 1. The summed E-state index contributed by atoms with van der Waals surface area (Å²) in [4.78, 5) is 21.7. The lowest BCUT2D eigenvalue weighted by Crippen LogP contribution is -2.25. The van der Waals surface area contributed by atoms with Crippen LogP contribution in [0.15, 0.2) is 0 Å². The molecule has 0 saturated carbocycles. The van der Waals surface area contributed by atoms with Crippen LogP contribution in [0.25, 0.3) is 0 Å². The third kappa shape index (κ3) is 40.5. The van der Waals surface area contributed by atoms with Crippen LogP contribution in [0.4, 0.5) is 0 Å². The van der Waals surface area contributed by atoms with Gasteiger partial charge in [0.1, 0.15) is 0 Å². The summed E-state index contributed by atoms with van der Waals surface area (Å²) in [7, 11) is 0. The first-order valence-electron chi connectivity index (χ1n) is 16.4. The number of unbranched alkanes of at least 4 members (excludes halogenated alkanes) is 3. The summed E-state index contributed by atoms with van der Waals surface area (Å²) in [6.45, 7) is 13.2. The average molecular weight is 656 g/mol. The van der Waals surface area contributed by atoms with E-state index in [2.05, 4.69) is 12.2 Å². The van der Waals surface area contributed by atoms with Crippen molar-refractivity contribution in [1.29, 1.82) is 0 Å². The molecule has 0 aromatic heterocycles. The van der Waals surface area contributed by atoms with Gasteiger partial charge in [-0.2, -0.15) is 0 Å². The van der Waals surface area contributed by atoms with Crippen LogP contribution in [0.2, 0.25) is 0 Å². The molecule has 14 nitrogen and oxygen atoms in total. The van der Waals surface area contributed by atoms with Gasteiger partial charge in [0.15, 0.2) is 0 Å². The van der Waals surface area contributed by atoms with E-state index in [1.807, 2.05) is 0 Å². The number of aliphatic carboxylic acids is 1. The molecule has 0 rings (SSSR count). The van der Waals surface area contributed by atoms with E-state index in [1.165, 1.54) is 19.3 Å². The number of hydrogen-bond donors (Lipinski definition) is 2. The second-order valence-corrected chi connectivity index (χ2v) is 9.78. The molecule has 0 aliphatic rings. The van der Waals surface area contributed by atoms with Gasteiger partial charge in [0, 0.05) is 26.2 Å². The topological polar surface area (TPSA) is 159 Å². The van der Waals surface area contributed by atoms with Gasteiger partial charge in [0.05, 0.1) is 125 Å². The molecule has 0 bridgehead atoms. The molecule has 45 heavy (non-hydrogen) atoms. The highest BCUT2D eigenvalue weighted by Gasteiger charge is 2.04. The van der Waals surface area contributed by atoms with Crippen molar-refractivity contribution in [3.8, 4) is 0 Å². The van der Waals surface area contributed by atoms with Gasteiger partial charge >= 0.3 is 5.97 Å². The van der Waals surface area contributed by atoms with Gasteiger partial charge in [-0.1, -0.05) is 26.2 Å². The van der Waals surface area contributed by atoms with E-state index in [0.29, 0.717) is 138 Å². The highest BCUT2D eigenvalue weighted by Crippen LogP contribution is 1.98. The van der Waals surface area contributed by atoms with Crippen molar-refractivity contribution in [3.63, 3.8) is 0 Å². The molecule has 0 aromatic carbocycles. The van der Waals surface area contributed by atoms with E-state index in [-0.39, 0.29) is 18.7 Å². The third-order valence-electron chi connectivity index (χ3n) is 5.84. The van der Waals surface area contributed by atoms with Crippen molar-refractivity contribution in [3.05, 3.63) is 0 Å². The van der Waals surface area contributed by atoms with Crippen LogP contribution in [-0.4, -0.2) is 156 Å². The summed E-state index contributed by atoms with van der Waals surface area (Å²) in [6, 6.07) is 0. The van der Waals surface area contributed by atoms with E-state index in [0.717, 1.165) is 13.0 Å². The first-order valence-corrected chi connectivity index (χ1v) is 16.4. The third-order valence-corrected chi connectivity index (χ3v) is 5.84. The standard InChI is InChI=1S/C31H61NO13/c1-2-3-4-5-10-36-12-14-38-16-18-40-20-22-42-24-26-44-28-29-45-27-25-43-23-21-41-19-17-39-15-13-37-11-6-9-32-30(33)7-8-31(34)35/h2-29H2,1H3,(H,32,33)(H,34,35). The van der Waals surface area contributed by atoms with Crippen molar-refractivity contribution in [1.82, 2.24) is 5.32 Å². The number of amides is 1. The second kappa shape index (κ2) is 38.7. The second-order valence-electron chi connectivity index (χ2n) is 9.78. The highest BCUT2D eigenvalue weighted by molar-refractivity contribution is 5.80. The minimum atomic E-state index is -0.980. The number of carbonyl (C=O) groups is 2. The zero-order valence-corrected chi connectivity index (χ0v) is 27.6. The zero-order chi connectivity index (χ0) is 32.7. The van der Waals surface area contributed by atoms with Crippen molar-refractivity contribution in [2.45, 2.75) is 51.9 Å². The van der Waals surface area contributed by atoms with Gasteiger partial charge < -0.3 is 57.8 Å². The summed E-state index contributed by atoms with van der Waals surface area (Å²) in [5, 5.41) is 11.2. The summed E-state index contributed by atoms with van der Waals surface area (Å²) >= 11 is 0. The number of carboxylic acid groups (broad SMARTS) is 1. The van der Waals surface area contributed by atoms with Gasteiger partial charge in [0.2, 0.25) is 5.91 Å². The van der Waals surface area contributed by atoms with E-state index in [9.17, 15) is 9.59 Å². The van der Waals surface area contributed by atoms with Gasteiger partial charge in [-0.25, -0.2) is 0 Å². The molecule has 268 valence electrons. The molecule has 0 spiro atoms. The maximum Gasteiger partial charge on any atom is 0.303 e. The van der Waals surface area contributed by atoms with Gasteiger partial charge in [0.25, 0.3) is 0 Å². The van der Waals surface area contributed by atoms with Crippen molar-refractivity contribution < 1.29 is 62.1 Å². The molecule has 0 heterocycles. The lowest BCUT2D eigenvalue weighted by molar-refractivity contribution is -0.138. The molecule has 0 radical (unpaired) electrons. The van der Waals surface area contributed by atoms with E-state index < -0.39 is 5.97 Å². The van der Waals surface area contributed by atoms with E-state index >= 15 is 0 Å². The summed E-state index contributed by atoms with van der Waals surface area (Å²) < 4.78 is 54.6. The van der Waals surface area contributed by atoms with Crippen LogP contribution in [0.3, 0.4) is 0 Å². The number of ether oxygens (including phenoxy) is 10. The Morgan fingerprint density at radius 1 is 0.422 bits per heavy atom. The Labute approximate surface area is 269 Å². The Morgan fingerprint density at radius 2 is 0.733 bits per heavy atom. The fraction of sp³-hybridized carbons (Fsp3) is 0.935. The zero-order valence-electron chi connectivity index (χ0n) is 27.6. The molecule has 14 heteroatoms. The van der Waals surface area contributed by atoms with Crippen LogP contribution < -0.4 is 5.32 Å². The Morgan fingerprint density at radius 3 is 1.04 bits per heavy atom. The quantitative estimate of drug-likeness (QED) is 0.0929. The van der Waals surface area contributed by atoms with Crippen LogP contribution in [0, 0.1) is 0 Å². The SMILES string of the molecule is CCCCCCOCCOCCOCCOCCOCCOCCOCCOCCOCCOCCCNC(=O)CCC(=O)O. The Hall–Kier alpha value is -1.46. The van der Waals surface area contributed by atoms with Crippen LogP contribution in [-0.2, 0) is 57.0 Å². The minimum absolute atomic E-state index is 0.00742. The Balaban J connectivity index is 3.08. The molecule has 0 fully saturated rings. The number of rotatable bonds is 39. The van der Waals surface area contributed by atoms with Crippen molar-refractivity contribution in [2.75, 3.05) is 139 Å².